The molecule has 4 rings (SSSR count). The summed E-state index contributed by atoms with van der Waals surface area (Å²) >= 11 is 0. The third kappa shape index (κ3) is 3.76. The highest BCUT2D eigenvalue weighted by Crippen LogP contribution is 2.40. The third-order valence-electron chi connectivity index (χ3n) is 4.89. The van der Waals surface area contributed by atoms with Gasteiger partial charge in [-0.3, -0.25) is 4.79 Å². The molecular weight excluding hydrogens is 356 g/mol. The van der Waals surface area contributed by atoms with Crippen LogP contribution < -0.4 is 0 Å². The Morgan fingerprint density at radius 3 is 1.24 bits per heavy atom. The van der Waals surface area contributed by atoms with Gasteiger partial charge in [-0.1, -0.05) is 109 Å². The van der Waals surface area contributed by atoms with Crippen molar-refractivity contribution in [3.63, 3.8) is 0 Å². The summed E-state index contributed by atoms with van der Waals surface area (Å²) in [5.41, 5.74) is 2.43. The Hall–Kier alpha value is -3.85. The fourth-order valence-corrected chi connectivity index (χ4v) is 3.47. The number of azo groups is 1. The SMILES string of the molecule is O=C(N=NC(c1ccccc1)(c1ccccc1)c1ccccc1)c1ccccc1. The lowest BCUT2D eigenvalue weighted by Crippen LogP contribution is -2.27. The summed E-state index contributed by atoms with van der Waals surface area (Å²) < 4.78 is 0. The van der Waals surface area contributed by atoms with Crippen LogP contribution >= 0.6 is 0 Å². The van der Waals surface area contributed by atoms with Crippen LogP contribution in [0.2, 0.25) is 0 Å². The van der Waals surface area contributed by atoms with Crippen LogP contribution in [0.5, 0.6) is 0 Å². The molecular formula is C26H20N2O. The van der Waals surface area contributed by atoms with Crippen molar-refractivity contribution >= 4 is 5.91 Å². The maximum atomic E-state index is 12.7. The maximum absolute atomic E-state index is 12.7. The molecule has 4 aromatic carbocycles. The monoisotopic (exact) mass is 376 g/mol. The van der Waals surface area contributed by atoms with Crippen LogP contribution in [0.4, 0.5) is 0 Å². The Morgan fingerprint density at radius 2 is 0.862 bits per heavy atom. The zero-order valence-corrected chi connectivity index (χ0v) is 15.8. The molecule has 0 aromatic heterocycles. The van der Waals surface area contributed by atoms with E-state index >= 15 is 0 Å². The molecule has 0 N–H and O–H groups in total. The van der Waals surface area contributed by atoms with Gasteiger partial charge >= 0.3 is 0 Å². The molecule has 29 heavy (non-hydrogen) atoms. The van der Waals surface area contributed by atoms with Crippen molar-refractivity contribution in [3.05, 3.63) is 144 Å². The second-order valence-corrected chi connectivity index (χ2v) is 6.68. The minimum atomic E-state index is -0.922. The van der Waals surface area contributed by atoms with Crippen molar-refractivity contribution in [2.45, 2.75) is 5.54 Å². The molecule has 3 heteroatoms. The summed E-state index contributed by atoms with van der Waals surface area (Å²) in [6.45, 7) is 0. The summed E-state index contributed by atoms with van der Waals surface area (Å²) in [6, 6.07) is 38.9. The van der Waals surface area contributed by atoms with Crippen LogP contribution in [0.1, 0.15) is 27.0 Å². The van der Waals surface area contributed by atoms with E-state index in [2.05, 4.69) is 5.11 Å². The first kappa shape index (κ1) is 18.5. The topological polar surface area (TPSA) is 41.8 Å². The van der Waals surface area contributed by atoms with Gasteiger partial charge in [0.1, 0.15) is 0 Å². The van der Waals surface area contributed by atoms with Crippen molar-refractivity contribution in [2.24, 2.45) is 10.2 Å². The summed E-state index contributed by atoms with van der Waals surface area (Å²) in [6.07, 6.45) is 0. The van der Waals surface area contributed by atoms with Gasteiger partial charge in [-0.05, 0) is 28.8 Å². The van der Waals surface area contributed by atoms with Crippen LogP contribution in [-0.2, 0) is 5.54 Å². The number of rotatable bonds is 5. The molecule has 0 heterocycles. The van der Waals surface area contributed by atoms with E-state index in [1.165, 1.54) is 0 Å². The van der Waals surface area contributed by atoms with Gasteiger partial charge in [0.25, 0.3) is 5.91 Å². The Morgan fingerprint density at radius 1 is 0.517 bits per heavy atom. The van der Waals surface area contributed by atoms with E-state index in [1.807, 2.05) is 109 Å². The first-order valence-electron chi connectivity index (χ1n) is 9.49. The van der Waals surface area contributed by atoms with Gasteiger partial charge in [-0.2, -0.15) is 5.11 Å². The van der Waals surface area contributed by atoms with E-state index in [9.17, 15) is 4.79 Å². The lowest BCUT2D eigenvalue weighted by Gasteiger charge is -2.30. The summed E-state index contributed by atoms with van der Waals surface area (Å²) in [5.74, 6) is -0.363. The number of carbonyl (C=O) groups excluding carboxylic acids is 1. The normalized spacial score (nSPS) is 11.4. The fourth-order valence-electron chi connectivity index (χ4n) is 3.47. The molecule has 0 saturated carbocycles. The van der Waals surface area contributed by atoms with Gasteiger partial charge in [-0.15, -0.1) is 5.11 Å². The predicted octanol–water partition coefficient (Wildman–Crippen LogP) is 6.27. The molecule has 1 amide bonds. The Balaban J connectivity index is 1.93. The van der Waals surface area contributed by atoms with Crippen LogP contribution in [0, 0.1) is 0 Å². The summed E-state index contributed by atoms with van der Waals surface area (Å²) in [7, 11) is 0. The van der Waals surface area contributed by atoms with Gasteiger partial charge < -0.3 is 0 Å². The Bertz CT molecular complexity index is 996. The van der Waals surface area contributed by atoms with Crippen molar-refractivity contribution in [2.75, 3.05) is 0 Å². The van der Waals surface area contributed by atoms with Gasteiger partial charge in [0.15, 0.2) is 5.54 Å². The molecule has 140 valence electrons. The number of benzene rings is 4. The number of nitrogens with zero attached hydrogens (tertiary/aromatic N) is 2. The minimum Gasteiger partial charge on any atom is -0.265 e. The van der Waals surface area contributed by atoms with E-state index in [4.69, 9.17) is 5.11 Å². The van der Waals surface area contributed by atoms with E-state index in [1.54, 1.807) is 12.1 Å². The van der Waals surface area contributed by atoms with Gasteiger partial charge in [0.05, 0.1) is 0 Å². The van der Waals surface area contributed by atoms with Gasteiger partial charge in [-0.25, -0.2) is 0 Å². The molecule has 0 aliphatic carbocycles. The fraction of sp³-hybridized carbons (Fsp3) is 0.0385. The number of amides is 1. The number of carbonyl (C=O) groups is 1. The van der Waals surface area contributed by atoms with Crippen LogP contribution in [0.3, 0.4) is 0 Å². The zero-order chi connectivity index (χ0) is 19.9. The molecule has 0 spiro atoms. The quantitative estimate of drug-likeness (QED) is 0.299. The number of hydrogen-bond donors (Lipinski definition) is 0. The minimum absolute atomic E-state index is 0.363. The molecule has 0 radical (unpaired) electrons. The molecule has 0 aliphatic rings. The smallest absolute Gasteiger partial charge is 0.265 e. The second-order valence-electron chi connectivity index (χ2n) is 6.68. The average Bonchev–Trinajstić information content (AvgIpc) is 2.82. The summed E-state index contributed by atoms with van der Waals surface area (Å²) in [5, 5.41) is 8.90. The maximum Gasteiger partial charge on any atom is 0.295 e. The highest BCUT2D eigenvalue weighted by Gasteiger charge is 2.37. The van der Waals surface area contributed by atoms with Crippen molar-refractivity contribution in [1.82, 2.24) is 0 Å². The van der Waals surface area contributed by atoms with Crippen LogP contribution in [-0.4, -0.2) is 5.91 Å². The lowest BCUT2D eigenvalue weighted by atomic mass is 9.78. The van der Waals surface area contributed by atoms with Crippen LogP contribution in [0.15, 0.2) is 132 Å². The lowest BCUT2D eigenvalue weighted by molar-refractivity contribution is 0.0991. The molecule has 3 nitrogen and oxygen atoms in total. The van der Waals surface area contributed by atoms with Crippen molar-refractivity contribution in [1.29, 1.82) is 0 Å². The highest BCUT2D eigenvalue weighted by atomic mass is 16.1. The Labute approximate surface area is 170 Å². The third-order valence-corrected chi connectivity index (χ3v) is 4.89. The van der Waals surface area contributed by atoms with Crippen molar-refractivity contribution in [3.8, 4) is 0 Å². The number of hydrogen-bond acceptors (Lipinski definition) is 2. The Kier molecular flexibility index (Phi) is 5.39. The molecule has 0 saturated heterocycles. The largest absolute Gasteiger partial charge is 0.295 e. The molecule has 0 atom stereocenters. The van der Waals surface area contributed by atoms with Gasteiger partial charge in [0, 0.05) is 5.56 Å². The van der Waals surface area contributed by atoms with E-state index in [-0.39, 0.29) is 5.91 Å². The summed E-state index contributed by atoms with van der Waals surface area (Å²) in [4.78, 5) is 12.7. The van der Waals surface area contributed by atoms with Crippen LogP contribution in [0.25, 0.3) is 0 Å². The van der Waals surface area contributed by atoms with E-state index in [0.29, 0.717) is 5.56 Å². The molecule has 0 aliphatic heterocycles. The first-order chi connectivity index (χ1) is 14.3. The second kappa shape index (κ2) is 8.44. The predicted molar refractivity (Wildman–Crippen MR) is 115 cm³/mol. The van der Waals surface area contributed by atoms with Crippen molar-refractivity contribution < 1.29 is 4.79 Å². The average molecular weight is 376 g/mol. The van der Waals surface area contributed by atoms with E-state index in [0.717, 1.165) is 16.7 Å². The zero-order valence-electron chi connectivity index (χ0n) is 15.8. The molecule has 0 fully saturated rings. The van der Waals surface area contributed by atoms with Gasteiger partial charge in [0.2, 0.25) is 0 Å². The highest BCUT2D eigenvalue weighted by molar-refractivity contribution is 5.94. The molecule has 0 unspecified atom stereocenters. The molecule has 4 aromatic rings. The standard InChI is InChI=1S/C26H20N2O/c29-25(21-13-5-1-6-14-21)27-28-26(22-15-7-2-8-16-22,23-17-9-3-10-18-23)24-19-11-4-12-20-24/h1-20H. The van der Waals surface area contributed by atoms with E-state index < -0.39 is 5.54 Å². The first-order valence-corrected chi connectivity index (χ1v) is 9.49. The molecule has 0 bridgehead atoms.